The summed E-state index contributed by atoms with van der Waals surface area (Å²) in [4.78, 5) is 37.0. The molecule has 1 aromatic rings. The van der Waals surface area contributed by atoms with Crippen LogP contribution in [-0.2, 0) is 14.3 Å². The van der Waals surface area contributed by atoms with E-state index in [1.54, 1.807) is 18.3 Å². The van der Waals surface area contributed by atoms with Crippen LogP contribution in [0.1, 0.15) is 6.42 Å². The topological polar surface area (TPSA) is 87.2 Å². The molecule has 1 atom stereocenters. The summed E-state index contributed by atoms with van der Waals surface area (Å²) in [7, 11) is 0. The number of nitrogens with zero attached hydrogens (tertiary/aromatic N) is 2. The van der Waals surface area contributed by atoms with E-state index in [1.807, 2.05) is 17.0 Å². The molecule has 0 unspecified atom stereocenters. The molecular weight excluding hydrogens is 288 g/mol. The Morgan fingerprint density at radius 1 is 1.18 bits per heavy atom. The van der Waals surface area contributed by atoms with Gasteiger partial charge in [-0.1, -0.05) is 0 Å². The molecular formula is C15H14N2O5. The average molecular weight is 302 g/mol. The molecule has 1 saturated heterocycles. The van der Waals surface area contributed by atoms with E-state index in [2.05, 4.69) is 0 Å². The predicted molar refractivity (Wildman–Crippen MR) is 77.8 cm³/mol. The highest BCUT2D eigenvalue weighted by atomic mass is 16.6. The van der Waals surface area contributed by atoms with Crippen molar-refractivity contribution in [3.8, 4) is 0 Å². The maximum Gasteiger partial charge on any atom is 0.415 e. The quantitative estimate of drug-likeness (QED) is 0.908. The van der Waals surface area contributed by atoms with Gasteiger partial charge in [0, 0.05) is 30.5 Å². The van der Waals surface area contributed by atoms with Crippen molar-refractivity contribution in [1.29, 1.82) is 0 Å². The van der Waals surface area contributed by atoms with Crippen molar-refractivity contribution < 1.29 is 24.2 Å². The number of allylic oxidation sites excluding steroid dienone is 1. The second-order valence-electron chi connectivity index (χ2n) is 5.06. The molecule has 2 heterocycles. The summed E-state index contributed by atoms with van der Waals surface area (Å²) < 4.78 is 4.78. The molecule has 22 heavy (non-hydrogen) atoms. The fourth-order valence-corrected chi connectivity index (χ4v) is 2.40. The van der Waals surface area contributed by atoms with E-state index in [9.17, 15) is 14.4 Å². The van der Waals surface area contributed by atoms with Crippen LogP contribution in [0.4, 0.5) is 16.2 Å². The number of anilines is 2. The van der Waals surface area contributed by atoms with Crippen molar-refractivity contribution in [3.05, 3.63) is 36.5 Å². The average Bonchev–Trinajstić information content (AvgIpc) is 2.91. The lowest BCUT2D eigenvalue weighted by Crippen LogP contribution is -2.27. The van der Waals surface area contributed by atoms with Gasteiger partial charge in [0.15, 0.2) is 5.78 Å². The number of cyclic esters (lactones) is 1. The molecule has 0 saturated carbocycles. The molecule has 7 nitrogen and oxygen atoms in total. The second kappa shape index (κ2) is 5.51. The van der Waals surface area contributed by atoms with Gasteiger partial charge in [-0.05, 0) is 30.3 Å². The van der Waals surface area contributed by atoms with E-state index in [0.717, 1.165) is 5.69 Å². The molecule has 0 aromatic heterocycles. The van der Waals surface area contributed by atoms with Gasteiger partial charge in [0.05, 0.1) is 6.54 Å². The third-order valence-corrected chi connectivity index (χ3v) is 3.62. The van der Waals surface area contributed by atoms with Crippen LogP contribution in [0.2, 0.25) is 0 Å². The molecule has 1 fully saturated rings. The summed E-state index contributed by atoms with van der Waals surface area (Å²) in [5.74, 6) is -1.05. The highest BCUT2D eigenvalue weighted by Crippen LogP contribution is 2.26. The lowest BCUT2D eigenvalue weighted by molar-refractivity contribution is -0.144. The summed E-state index contributed by atoms with van der Waals surface area (Å²) in [6, 6.07) is 7.09. The van der Waals surface area contributed by atoms with Gasteiger partial charge in [-0.25, -0.2) is 9.59 Å². The molecule has 3 rings (SSSR count). The molecule has 1 aromatic carbocycles. The van der Waals surface area contributed by atoms with Crippen LogP contribution in [0, 0.1) is 0 Å². The van der Waals surface area contributed by atoms with Crippen molar-refractivity contribution in [1.82, 2.24) is 0 Å². The minimum Gasteiger partial charge on any atom is -0.478 e. The monoisotopic (exact) mass is 302 g/mol. The van der Waals surface area contributed by atoms with Crippen LogP contribution in [0.15, 0.2) is 36.5 Å². The normalized spacial score (nSPS) is 21.2. The van der Waals surface area contributed by atoms with Gasteiger partial charge in [0.25, 0.3) is 0 Å². The van der Waals surface area contributed by atoms with Crippen LogP contribution in [-0.4, -0.2) is 42.1 Å². The first-order valence-corrected chi connectivity index (χ1v) is 6.83. The molecule has 2 aliphatic heterocycles. The Hall–Kier alpha value is -2.83. The number of aliphatic carboxylic acids is 1. The van der Waals surface area contributed by atoms with E-state index in [0.29, 0.717) is 18.7 Å². The number of amides is 1. The fraction of sp³-hybridized carbons (Fsp3) is 0.267. The Labute approximate surface area is 126 Å². The number of carboxylic acids is 1. The van der Waals surface area contributed by atoms with Crippen LogP contribution >= 0.6 is 0 Å². The SMILES string of the molecule is O=C1C=CN(c2ccc(N3C[C@H](C(=O)O)OC3=O)cc2)CC1. The molecule has 0 radical (unpaired) electrons. The molecule has 114 valence electrons. The minimum atomic E-state index is -1.16. The zero-order chi connectivity index (χ0) is 15.7. The van der Waals surface area contributed by atoms with Crippen LogP contribution < -0.4 is 9.80 Å². The number of hydrogen-bond acceptors (Lipinski definition) is 5. The molecule has 0 bridgehead atoms. The molecule has 0 aliphatic carbocycles. The minimum absolute atomic E-state index is 0.00830. The maximum atomic E-state index is 11.7. The predicted octanol–water partition coefficient (Wildman–Crippen LogP) is 1.39. The third kappa shape index (κ3) is 2.65. The van der Waals surface area contributed by atoms with Crippen LogP contribution in [0.3, 0.4) is 0 Å². The first-order chi connectivity index (χ1) is 10.5. The number of carbonyl (C=O) groups excluding carboxylic acids is 2. The Kier molecular flexibility index (Phi) is 3.54. The number of rotatable bonds is 3. The van der Waals surface area contributed by atoms with E-state index in [1.165, 1.54) is 11.0 Å². The zero-order valence-electron chi connectivity index (χ0n) is 11.6. The van der Waals surface area contributed by atoms with Crippen LogP contribution in [0.25, 0.3) is 0 Å². The van der Waals surface area contributed by atoms with Crippen molar-refractivity contribution in [3.63, 3.8) is 0 Å². The van der Waals surface area contributed by atoms with Gasteiger partial charge in [0.2, 0.25) is 6.10 Å². The smallest absolute Gasteiger partial charge is 0.415 e. The van der Waals surface area contributed by atoms with Crippen molar-refractivity contribution >= 4 is 29.2 Å². The number of carboxylic acid groups (broad SMARTS) is 1. The Morgan fingerprint density at radius 3 is 2.41 bits per heavy atom. The molecule has 1 N–H and O–H groups in total. The lowest BCUT2D eigenvalue weighted by Gasteiger charge is -2.23. The van der Waals surface area contributed by atoms with Crippen molar-refractivity contribution in [2.45, 2.75) is 12.5 Å². The largest absolute Gasteiger partial charge is 0.478 e. The summed E-state index contributed by atoms with van der Waals surface area (Å²) in [6.45, 7) is 0.604. The van der Waals surface area contributed by atoms with Gasteiger partial charge < -0.3 is 14.7 Å². The molecule has 2 aliphatic rings. The molecule has 1 amide bonds. The van der Waals surface area contributed by atoms with Gasteiger partial charge >= 0.3 is 12.1 Å². The first-order valence-electron chi connectivity index (χ1n) is 6.83. The standard InChI is InChI=1S/C15H14N2O5/c18-12-5-7-16(8-6-12)10-1-3-11(4-2-10)17-9-13(14(19)20)22-15(17)21/h1-5,7,13H,6,8-9H2,(H,19,20)/t13-/m1/s1. The van der Waals surface area contributed by atoms with E-state index in [4.69, 9.17) is 9.84 Å². The molecule has 7 heteroatoms. The first kappa shape index (κ1) is 14.1. The Balaban J connectivity index is 1.75. The number of hydrogen-bond donors (Lipinski definition) is 1. The zero-order valence-corrected chi connectivity index (χ0v) is 11.6. The van der Waals surface area contributed by atoms with Crippen molar-refractivity contribution in [2.75, 3.05) is 22.9 Å². The summed E-state index contributed by atoms with van der Waals surface area (Å²) in [5.41, 5.74) is 1.48. The van der Waals surface area contributed by atoms with Gasteiger partial charge in [-0.15, -0.1) is 0 Å². The number of ketones is 1. The van der Waals surface area contributed by atoms with Crippen LogP contribution in [0.5, 0.6) is 0 Å². The molecule has 0 spiro atoms. The number of carbonyl (C=O) groups is 3. The Morgan fingerprint density at radius 2 is 1.86 bits per heavy atom. The van der Waals surface area contributed by atoms with Gasteiger partial charge in [-0.3, -0.25) is 9.69 Å². The third-order valence-electron chi connectivity index (χ3n) is 3.62. The fourth-order valence-electron chi connectivity index (χ4n) is 2.40. The highest BCUT2D eigenvalue weighted by molar-refractivity contribution is 5.94. The van der Waals surface area contributed by atoms with E-state index < -0.39 is 18.2 Å². The van der Waals surface area contributed by atoms with Gasteiger partial charge in [-0.2, -0.15) is 0 Å². The summed E-state index contributed by atoms with van der Waals surface area (Å²) in [6.07, 6.45) is 1.93. The highest BCUT2D eigenvalue weighted by Gasteiger charge is 2.36. The van der Waals surface area contributed by atoms with Gasteiger partial charge in [0.1, 0.15) is 0 Å². The lowest BCUT2D eigenvalue weighted by atomic mass is 10.1. The maximum absolute atomic E-state index is 11.7. The summed E-state index contributed by atoms with van der Waals surface area (Å²) >= 11 is 0. The van der Waals surface area contributed by atoms with E-state index in [-0.39, 0.29) is 12.3 Å². The second-order valence-corrected chi connectivity index (χ2v) is 5.06. The van der Waals surface area contributed by atoms with E-state index >= 15 is 0 Å². The summed E-state index contributed by atoms with van der Waals surface area (Å²) in [5, 5.41) is 8.89. The number of benzene rings is 1. The number of ether oxygens (including phenoxy) is 1. The van der Waals surface area contributed by atoms with Crippen molar-refractivity contribution in [2.24, 2.45) is 0 Å². The Bertz CT molecular complexity index is 652.